The summed E-state index contributed by atoms with van der Waals surface area (Å²) in [4.78, 5) is 26.5. The molecule has 0 spiro atoms. The van der Waals surface area contributed by atoms with E-state index in [1.54, 1.807) is 11.0 Å². The van der Waals surface area contributed by atoms with E-state index in [1.807, 2.05) is 0 Å². The van der Waals surface area contributed by atoms with Crippen LogP contribution in [0.1, 0.15) is 32.1 Å². The van der Waals surface area contributed by atoms with Crippen molar-refractivity contribution in [1.82, 2.24) is 14.2 Å². The largest absolute Gasteiger partial charge is 0.378 e. The molecule has 1 aliphatic carbocycles. The Balaban J connectivity index is 1.56. The Morgan fingerprint density at radius 3 is 2.62 bits per heavy atom. The summed E-state index contributed by atoms with van der Waals surface area (Å²) in [6.45, 7) is 1.99. The van der Waals surface area contributed by atoms with Crippen molar-refractivity contribution in [2.45, 2.75) is 49.6 Å². The number of nitrogens with one attached hydrogen (secondary N) is 1. The topological polar surface area (TPSA) is 97.7 Å². The fourth-order valence-corrected chi connectivity index (χ4v) is 6.25. The summed E-state index contributed by atoms with van der Waals surface area (Å²) < 4.78 is 35.5. The molecule has 8 nitrogen and oxygen atoms in total. The molecule has 0 unspecified atom stereocenters. The molecule has 0 radical (unpaired) electrons. The van der Waals surface area contributed by atoms with Gasteiger partial charge >= 0.3 is 4.87 Å². The molecule has 1 N–H and O–H groups in total. The maximum Gasteiger partial charge on any atom is 0.308 e. The zero-order valence-electron chi connectivity index (χ0n) is 16.1. The first-order valence-electron chi connectivity index (χ1n) is 9.95. The number of fused-ring (bicyclic) bond motifs is 1. The van der Waals surface area contributed by atoms with Crippen LogP contribution < -0.4 is 9.60 Å². The normalized spacial score (nSPS) is 19.0. The van der Waals surface area contributed by atoms with Gasteiger partial charge in [-0.15, -0.1) is 0 Å². The zero-order chi connectivity index (χ0) is 20.4. The van der Waals surface area contributed by atoms with Gasteiger partial charge in [0.05, 0.1) is 28.3 Å². The second-order valence-electron chi connectivity index (χ2n) is 7.53. The average molecular weight is 440 g/mol. The summed E-state index contributed by atoms with van der Waals surface area (Å²) >= 11 is 0.964. The van der Waals surface area contributed by atoms with Crippen LogP contribution in [0.2, 0.25) is 0 Å². The van der Waals surface area contributed by atoms with Crippen molar-refractivity contribution in [2.75, 3.05) is 26.3 Å². The Bertz CT molecular complexity index is 1050. The van der Waals surface area contributed by atoms with Crippen molar-refractivity contribution in [3.8, 4) is 0 Å². The highest BCUT2D eigenvalue weighted by atomic mass is 32.2. The quantitative estimate of drug-likeness (QED) is 0.762. The minimum atomic E-state index is -3.64. The molecular formula is C19H25N3O5S2. The van der Waals surface area contributed by atoms with Crippen LogP contribution in [-0.4, -0.2) is 56.1 Å². The fourth-order valence-electron chi connectivity index (χ4n) is 3.92. The smallest absolute Gasteiger partial charge is 0.308 e. The number of aromatic nitrogens is 1. The molecule has 0 atom stereocenters. The van der Waals surface area contributed by atoms with E-state index in [4.69, 9.17) is 4.74 Å². The van der Waals surface area contributed by atoms with Crippen molar-refractivity contribution in [2.24, 2.45) is 0 Å². The molecule has 4 rings (SSSR count). The number of rotatable bonds is 5. The number of morpholine rings is 1. The molecule has 2 heterocycles. The lowest BCUT2D eigenvalue weighted by atomic mass is 9.96. The van der Waals surface area contributed by atoms with Crippen molar-refractivity contribution in [1.29, 1.82) is 0 Å². The molecule has 1 saturated heterocycles. The lowest BCUT2D eigenvalue weighted by molar-refractivity contribution is -0.135. The van der Waals surface area contributed by atoms with Gasteiger partial charge in [-0.2, -0.15) is 0 Å². The number of carbonyl (C=O) groups excluding carboxylic acids is 1. The molecule has 29 heavy (non-hydrogen) atoms. The second kappa shape index (κ2) is 8.55. The van der Waals surface area contributed by atoms with Crippen molar-refractivity contribution in [3.63, 3.8) is 0 Å². The molecule has 1 aromatic carbocycles. The molecule has 0 bridgehead atoms. The Kier molecular flexibility index (Phi) is 6.05. The molecule has 1 saturated carbocycles. The Labute approximate surface area is 173 Å². The number of hydrogen-bond donors (Lipinski definition) is 1. The van der Waals surface area contributed by atoms with Gasteiger partial charge in [0, 0.05) is 19.1 Å². The predicted octanol–water partition coefficient (Wildman–Crippen LogP) is 1.53. The summed E-state index contributed by atoms with van der Waals surface area (Å²) in [5.74, 6) is -0.134. The number of nitrogens with zero attached hydrogens (tertiary/aromatic N) is 2. The van der Waals surface area contributed by atoms with E-state index in [-0.39, 0.29) is 28.3 Å². The molecule has 1 aliphatic heterocycles. The van der Waals surface area contributed by atoms with E-state index in [0.29, 0.717) is 36.5 Å². The van der Waals surface area contributed by atoms with Gasteiger partial charge in [-0.3, -0.25) is 14.2 Å². The lowest BCUT2D eigenvalue weighted by Crippen LogP contribution is -2.43. The van der Waals surface area contributed by atoms with E-state index in [9.17, 15) is 18.0 Å². The van der Waals surface area contributed by atoms with Gasteiger partial charge < -0.3 is 9.64 Å². The molecule has 1 amide bonds. The first kappa shape index (κ1) is 20.5. The van der Waals surface area contributed by atoms with Gasteiger partial charge in [-0.25, -0.2) is 13.1 Å². The molecule has 2 aromatic rings. The highest BCUT2D eigenvalue weighted by molar-refractivity contribution is 7.89. The van der Waals surface area contributed by atoms with Gasteiger partial charge in [0.15, 0.2) is 0 Å². The minimum Gasteiger partial charge on any atom is -0.378 e. The van der Waals surface area contributed by atoms with Crippen LogP contribution in [0.4, 0.5) is 0 Å². The number of ether oxygens (including phenoxy) is 1. The van der Waals surface area contributed by atoms with E-state index >= 15 is 0 Å². The van der Waals surface area contributed by atoms with Crippen molar-refractivity contribution < 1.29 is 17.9 Å². The third-order valence-corrected chi connectivity index (χ3v) is 7.99. The summed E-state index contributed by atoms with van der Waals surface area (Å²) in [5, 5.41) is 0. The van der Waals surface area contributed by atoms with Crippen LogP contribution in [0.5, 0.6) is 0 Å². The monoisotopic (exact) mass is 439 g/mol. The Hall–Kier alpha value is -1.75. The number of sulfonamides is 1. The first-order chi connectivity index (χ1) is 13.9. The Morgan fingerprint density at radius 2 is 1.90 bits per heavy atom. The third kappa shape index (κ3) is 4.55. The number of carbonyl (C=O) groups is 1. The summed E-state index contributed by atoms with van der Waals surface area (Å²) in [6, 6.07) is 4.63. The first-order valence-corrected chi connectivity index (χ1v) is 12.3. The predicted molar refractivity (Wildman–Crippen MR) is 111 cm³/mol. The average Bonchev–Trinajstić information content (AvgIpc) is 3.03. The maximum atomic E-state index is 12.8. The van der Waals surface area contributed by atoms with E-state index < -0.39 is 10.0 Å². The van der Waals surface area contributed by atoms with Crippen LogP contribution in [0.25, 0.3) is 10.2 Å². The number of amides is 1. The van der Waals surface area contributed by atoms with Gasteiger partial charge in [0.25, 0.3) is 0 Å². The SMILES string of the molecule is O=C(Cn1c(=O)sc2cc(S(=O)(=O)NC3CCCCC3)ccc21)N1CCOCC1. The van der Waals surface area contributed by atoms with Crippen LogP contribution in [-0.2, 0) is 26.1 Å². The standard InChI is InChI=1S/C19H25N3O5S2/c23-18(21-8-10-27-11-9-21)13-22-16-7-6-15(12-17(16)28-19(22)24)29(25,26)20-14-4-2-1-3-5-14/h6-7,12,14,20H,1-5,8-11,13H2. The van der Waals surface area contributed by atoms with Crippen molar-refractivity contribution >= 4 is 37.5 Å². The molecular weight excluding hydrogens is 414 g/mol. The molecule has 10 heteroatoms. The highest BCUT2D eigenvalue weighted by Crippen LogP contribution is 2.24. The minimum absolute atomic E-state index is 0.0288. The second-order valence-corrected chi connectivity index (χ2v) is 10.2. The number of thiazole rings is 1. The zero-order valence-corrected chi connectivity index (χ0v) is 17.8. The van der Waals surface area contributed by atoms with Crippen LogP contribution >= 0.6 is 11.3 Å². The van der Waals surface area contributed by atoms with E-state index in [1.165, 1.54) is 16.7 Å². The molecule has 2 fully saturated rings. The van der Waals surface area contributed by atoms with Gasteiger partial charge in [-0.05, 0) is 31.0 Å². The van der Waals surface area contributed by atoms with E-state index in [0.717, 1.165) is 43.4 Å². The number of benzene rings is 1. The van der Waals surface area contributed by atoms with Gasteiger partial charge in [0.1, 0.15) is 6.54 Å². The van der Waals surface area contributed by atoms with Crippen LogP contribution in [0.3, 0.4) is 0 Å². The number of hydrogen-bond acceptors (Lipinski definition) is 6. The molecule has 2 aliphatic rings. The maximum absolute atomic E-state index is 12.8. The third-order valence-electron chi connectivity index (χ3n) is 5.53. The lowest BCUT2D eigenvalue weighted by Gasteiger charge is -2.26. The van der Waals surface area contributed by atoms with E-state index in [2.05, 4.69) is 4.72 Å². The molecule has 1 aromatic heterocycles. The summed E-state index contributed by atoms with van der Waals surface area (Å²) in [5.41, 5.74) is 0.582. The summed E-state index contributed by atoms with van der Waals surface area (Å²) in [7, 11) is -3.64. The molecule has 158 valence electrons. The van der Waals surface area contributed by atoms with Gasteiger partial charge in [-0.1, -0.05) is 30.6 Å². The van der Waals surface area contributed by atoms with Crippen LogP contribution in [0.15, 0.2) is 27.9 Å². The van der Waals surface area contributed by atoms with Gasteiger partial charge in [0.2, 0.25) is 15.9 Å². The Morgan fingerprint density at radius 1 is 1.17 bits per heavy atom. The van der Waals surface area contributed by atoms with Crippen molar-refractivity contribution in [3.05, 3.63) is 27.9 Å². The van der Waals surface area contributed by atoms with Crippen LogP contribution in [0, 0.1) is 0 Å². The highest BCUT2D eigenvalue weighted by Gasteiger charge is 2.24. The fraction of sp³-hybridized carbons (Fsp3) is 0.579. The summed E-state index contributed by atoms with van der Waals surface area (Å²) in [6.07, 6.45) is 4.93.